The number of carbonyl (C=O) groups is 2. The van der Waals surface area contributed by atoms with E-state index in [2.05, 4.69) is 4.99 Å². The van der Waals surface area contributed by atoms with Crippen LogP contribution in [0.5, 0.6) is 11.5 Å². The first kappa shape index (κ1) is 18.7. The highest BCUT2D eigenvalue weighted by atomic mass is 32.1. The highest BCUT2D eigenvalue weighted by Gasteiger charge is 2.15. The molecule has 0 unspecified atom stereocenters. The van der Waals surface area contributed by atoms with Crippen molar-refractivity contribution in [2.24, 2.45) is 4.99 Å². The summed E-state index contributed by atoms with van der Waals surface area (Å²) >= 11 is 1.30. The lowest BCUT2D eigenvalue weighted by atomic mass is 10.2. The fourth-order valence-electron chi connectivity index (χ4n) is 2.60. The molecule has 0 saturated carbocycles. The van der Waals surface area contributed by atoms with Gasteiger partial charge < -0.3 is 18.8 Å². The molecule has 0 atom stereocenters. The van der Waals surface area contributed by atoms with Crippen LogP contribution in [0.25, 0.3) is 10.2 Å². The quantitative estimate of drug-likeness (QED) is 0.630. The van der Waals surface area contributed by atoms with Gasteiger partial charge in [0.05, 0.1) is 26.0 Å². The number of benzene rings is 2. The summed E-state index contributed by atoms with van der Waals surface area (Å²) in [5.74, 6) is 0.272. The van der Waals surface area contributed by atoms with Crippen LogP contribution in [-0.2, 0) is 16.1 Å². The Kier molecular flexibility index (Phi) is 5.56. The molecular weight excluding hydrogens is 368 g/mol. The standard InChI is InChI=1S/C19H18N2O5S/c1-24-13-7-4-6-12(10-13)18(23)20-19-21(11-16(22)26-3)17-14(25-2)8-5-9-15(17)27-19/h4-10H,11H2,1-3H3. The zero-order valence-electron chi connectivity index (χ0n) is 15.1. The Balaban J connectivity index is 2.17. The Morgan fingerprint density at radius 1 is 1.07 bits per heavy atom. The van der Waals surface area contributed by atoms with E-state index in [4.69, 9.17) is 14.2 Å². The van der Waals surface area contributed by atoms with Crippen LogP contribution in [0, 0.1) is 0 Å². The summed E-state index contributed by atoms with van der Waals surface area (Å²) in [6, 6.07) is 12.3. The molecule has 2 aromatic carbocycles. The van der Waals surface area contributed by atoms with Crippen molar-refractivity contribution in [1.82, 2.24) is 4.57 Å². The first-order valence-corrected chi connectivity index (χ1v) is 8.85. The third-order valence-corrected chi connectivity index (χ3v) is 4.96. The van der Waals surface area contributed by atoms with Crippen LogP contribution in [0.15, 0.2) is 47.5 Å². The van der Waals surface area contributed by atoms with E-state index in [1.54, 1.807) is 42.0 Å². The van der Waals surface area contributed by atoms with Gasteiger partial charge in [0, 0.05) is 5.56 Å². The topological polar surface area (TPSA) is 79.1 Å². The third-order valence-electron chi connectivity index (χ3n) is 3.91. The summed E-state index contributed by atoms with van der Waals surface area (Å²) < 4.78 is 17.8. The number of hydrogen-bond acceptors (Lipinski definition) is 6. The summed E-state index contributed by atoms with van der Waals surface area (Å²) in [5.41, 5.74) is 1.08. The molecule has 0 aliphatic rings. The van der Waals surface area contributed by atoms with Gasteiger partial charge in [-0.25, -0.2) is 0 Å². The van der Waals surface area contributed by atoms with E-state index in [0.717, 1.165) is 4.70 Å². The van der Waals surface area contributed by atoms with Crippen LogP contribution >= 0.6 is 11.3 Å². The summed E-state index contributed by atoms with van der Waals surface area (Å²) in [6.07, 6.45) is 0. The van der Waals surface area contributed by atoms with Crippen molar-refractivity contribution in [2.75, 3.05) is 21.3 Å². The molecule has 3 rings (SSSR count). The number of carbonyl (C=O) groups excluding carboxylic acids is 2. The van der Waals surface area contributed by atoms with Crippen LogP contribution in [0.3, 0.4) is 0 Å². The van der Waals surface area contributed by atoms with Crippen LogP contribution in [0.2, 0.25) is 0 Å². The molecule has 0 N–H and O–H groups in total. The second kappa shape index (κ2) is 8.05. The highest BCUT2D eigenvalue weighted by Crippen LogP contribution is 2.27. The molecule has 0 bridgehead atoms. The largest absolute Gasteiger partial charge is 0.497 e. The zero-order chi connectivity index (χ0) is 19.4. The molecule has 3 aromatic rings. The lowest BCUT2D eigenvalue weighted by molar-refractivity contribution is -0.141. The smallest absolute Gasteiger partial charge is 0.325 e. The second-order valence-corrected chi connectivity index (χ2v) is 6.51. The number of rotatable bonds is 5. The lowest BCUT2D eigenvalue weighted by Gasteiger charge is -2.07. The van der Waals surface area contributed by atoms with Crippen LogP contribution in [-0.4, -0.2) is 37.8 Å². The first-order valence-electron chi connectivity index (χ1n) is 8.03. The fourth-order valence-corrected chi connectivity index (χ4v) is 3.64. The number of amides is 1. The van der Waals surface area contributed by atoms with Crippen molar-refractivity contribution in [3.63, 3.8) is 0 Å². The van der Waals surface area contributed by atoms with Gasteiger partial charge >= 0.3 is 5.97 Å². The van der Waals surface area contributed by atoms with E-state index in [-0.39, 0.29) is 6.54 Å². The molecule has 27 heavy (non-hydrogen) atoms. The molecule has 1 heterocycles. The third kappa shape index (κ3) is 3.85. The first-order chi connectivity index (χ1) is 13.1. The van der Waals surface area contributed by atoms with E-state index in [9.17, 15) is 9.59 Å². The van der Waals surface area contributed by atoms with Gasteiger partial charge in [-0.15, -0.1) is 0 Å². The number of esters is 1. The molecule has 0 aliphatic carbocycles. The van der Waals surface area contributed by atoms with Crippen molar-refractivity contribution in [3.8, 4) is 11.5 Å². The van der Waals surface area contributed by atoms with Crippen LogP contribution in [0.4, 0.5) is 0 Å². The summed E-state index contributed by atoms with van der Waals surface area (Å²) in [6.45, 7) is -0.0822. The Bertz CT molecular complexity index is 1070. The van der Waals surface area contributed by atoms with E-state index in [0.29, 0.717) is 27.4 Å². The minimum atomic E-state index is -0.448. The Hall–Kier alpha value is -3.13. The average molecular weight is 386 g/mol. The second-order valence-electron chi connectivity index (χ2n) is 5.50. The molecule has 8 heteroatoms. The average Bonchev–Trinajstić information content (AvgIpc) is 3.04. The molecule has 1 amide bonds. The normalized spacial score (nSPS) is 11.4. The minimum Gasteiger partial charge on any atom is -0.497 e. The molecule has 7 nitrogen and oxygen atoms in total. The van der Waals surface area contributed by atoms with Crippen LogP contribution < -0.4 is 14.3 Å². The van der Waals surface area contributed by atoms with Gasteiger partial charge in [-0.2, -0.15) is 4.99 Å². The zero-order valence-corrected chi connectivity index (χ0v) is 15.9. The van der Waals surface area contributed by atoms with Crippen molar-refractivity contribution >= 4 is 33.4 Å². The molecule has 0 radical (unpaired) electrons. The monoisotopic (exact) mass is 386 g/mol. The van der Waals surface area contributed by atoms with Gasteiger partial charge in [-0.3, -0.25) is 9.59 Å². The molecule has 0 aliphatic heterocycles. The number of methoxy groups -OCH3 is 3. The van der Waals surface area contributed by atoms with E-state index in [1.807, 2.05) is 12.1 Å². The molecule has 140 valence electrons. The fraction of sp³-hybridized carbons (Fsp3) is 0.211. The Labute approximate surface area is 159 Å². The molecular formula is C19H18N2O5S. The summed E-state index contributed by atoms with van der Waals surface area (Å²) in [4.78, 5) is 29.1. The number of thiazole rings is 1. The van der Waals surface area contributed by atoms with Gasteiger partial charge in [0.25, 0.3) is 5.91 Å². The van der Waals surface area contributed by atoms with Crippen molar-refractivity contribution in [2.45, 2.75) is 6.54 Å². The van der Waals surface area contributed by atoms with Crippen LogP contribution in [0.1, 0.15) is 10.4 Å². The van der Waals surface area contributed by atoms with Gasteiger partial charge in [0.15, 0.2) is 4.80 Å². The highest BCUT2D eigenvalue weighted by molar-refractivity contribution is 7.16. The Morgan fingerprint density at radius 2 is 1.85 bits per heavy atom. The number of ether oxygens (including phenoxy) is 3. The molecule has 0 spiro atoms. The number of aromatic nitrogens is 1. The summed E-state index contributed by atoms with van der Waals surface area (Å²) in [5, 5.41) is 0. The van der Waals surface area contributed by atoms with Crippen molar-refractivity contribution in [3.05, 3.63) is 52.8 Å². The maximum atomic E-state index is 12.6. The molecule has 0 fully saturated rings. The van der Waals surface area contributed by atoms with Gasteiger partial charge in [-0.1, -0.05) is 23.5 Å². The predicted molar refractivity (Wildman–Crippen MR) is 101 cm³/mol. The van der Waals surface area contributed by atoms with E-state index in [1.165, 1.54) is 25.6 Å². The maximum Gasteiger partial charge on any atom is 0.325 e. The number of nitrogens with zero attached hydrogens (tertiary/aromatic N) is 2. The van der Waals surface area contributed by atoms with Gasteiger partial charge in [0.1, 0.15) is 23.6 Å². The van der Waals surface area contributed by atoms with Gasteiger partial charge in [-0.05, 0) is 30.3 Å². The number of fused-ring (bicyclic) bond motifs is 1. The van der Waals surface area contributed by atoms with Crippen molar-refractivity contribution < 1.29 is 23.8 Å². The van der Waals surface area contributed by atoms with E-state index < -0.39 is 11.9 Å². The maximum absolute atomic E-state index is 12.6. The van der Waals surface area contributed by atoms with E-state index >= 15 is 0 Å². The summed E-state index contributed by atoms with van der Waals surface area (Å²) in [7, 11) is 4.39. The van der Waals surface area contributed by atoms with Crippen molar-refractivity contribution in [1.29, 1.82) is 0 Å². The molecule has 0 saturated heterocycles. The van der Waals surface area contributed by atoms with Gasteiger partial charge in [0.2, 0.25) is 0 Å². The number of hydrogen-bond donors (Lipinski definition) is 0. The predicted octanol–water partition coefficient (Wildman–Crippen LogP) is 2.63. The Morgan fingerprint density at radius 3 is 2.56 bits per heavy atom. The minimum absolute atomic E-state index is 0.0822. The molecule has 1 aromatic heterocycles. The number of para-hydroxylation sites is 1. The lowest BCUT2D eigenvalue weighted by Crippen LogP contribution is -2.22. The SMILES string of the molecule is COC(=O)Cn1c(=NC(=O)c2cccc(OC)c2)sc2cccc(OC)c21.